The average molecular weight is 513 g/mol. The maximum absolute atomic E-state index is 6.94. The zero-order valence-corrected chi connectivity index (χ0v) is 21.8. The van der Waals surface area contributed by atoms with Crippen molar-refractivity contribution in [2.45, 2.75) is 38.9 Å². The smallest absolute Gasteiger partial charge is 0.121 e. The van der Waals surface area contributed by atoms with Crippen LogP contribution in [0.5, 0.6) is 5.75 Å². The molecule has 0 bridgehead atoms. The fraction of sp³-hybridized carbons (Fsp3) is 0.321. The molecule has 176 valence electrons. The zero-order chi connectivity index (χ0) is 23.9. The maximum Gasteiger partial charge on any atom is 0.121 e. The first-order valence-electron chi connectivity index (χ1n) is 11.4. The van der Waals surface area contributed by atoms with Gasteiger partial charge in [-0.1, -0.05) is 67.9 Å². The van der Waals surface area contributed by atoms with Crippen LogP contribution in [0.4, 0.5) is 0 Å². The minimum Gasteiger partial charge on any atom is -0.497 e. The van der Waals surface area contributed by atoms with E-state index in [0.29, 0.717) is 11.6 Å². The molecule has 34 heavy (non-hydrogen) atoms. The molecule has 0 N–H and O–H groups in total. The summed E-state index contributed by atoms with van der Waals surface area (Å²) in [6, 6.07) is 18.5. The zero-order valence-electron chi connectivity index (χ0n) is 19.5. The number of methoxy groups -OCH3 is 1. The predicted molar refractivity (Wildman–Crippen MR) is 141 cm³/mol. The van der Waals surface area contributed by atoms with Crippen LogP contribution in [0, 0.1) is 5.41 Å². The maximum atomic E-state index is 6.94. The van der Waals surface area contributed by atoms with Crippen molar-refractivity contribution in [3.8, 4) is 5.75 Å². The van der Waals surface area contributed by atoms with E-state index in [9.17, 15) is 0 Å². The van der Waals surface area contributed by atoms with Gasteiger partial charge in [0.1, 0.15) is 10.4 Å². The number of hydrogen-bond acceptors (Lipinski definition) is 4. The van der Waals surface area contributed by atoms with Crippen molar-refractivity contribution in [3.05, 3.63) is 96.8 Å². The fourth-order valence-electron chi connectivity index (χ4n) is 4.81. The highest BCUT2D eigenvalue weighted by Crippen LogP contribution is 2.42. The Labute approximate surface area is 214 Å². The van der Waals surface area contributed by atoms with Crippen LogP contribution in [0.3, 0.4) is 0 Å². The van der Waals surface area contributed by atoms with E-state index >= 15 is 0 Å². The molecule has 0 saturated heterocycles. The van der Waals surface area contributed by atoms with Gasteiger partial charge in [-0.05, 0) is 46.7 Å². The van der Waals surface area contributed by atoms with Gasteiger partial charge in [0.05, 0.1) is 36.4 Å². The molecule has 0 amide bonds. The minimum absolute atomic E-state index is 0.00988. The molecule has 0 radical (unpaired) electrons. The molecule has 0 fully saturated rings. The topological polar surface area (TPSA) is 30.8 Å². The fourth-order valence-corrected chi connectivity index (χ4v) is 6.63. The van der Waals surface area contributed by atoms with Gasteiger partial charge in [0.15, 0.2) is 0 Å². The van der Waals surface area contributed by atoms with Crippen molar-refractivity contribution >= 4 is 40.6 Å². The SMILES string of the molecule is COc1ccc(C2C(Cl)=C(CCl)N=c3sc4c(c32)CC(C)(C)C(OCc2ccccc2)C=4)cc1. The van der Waals surface area contributed by atoms with E-state index in [0.717, 1.165) is 28.1 Å². The third-order valence-corrected chi connectivity index (χ3v) is 8.46. The molecule has 2 aliphatic rings. The van der Waals surface area contributed by atoms with Crippen LogP contribution in [0.25, 0.3) is 6.08 Å². The lowest BCUT2D eigenvalue weighted by Gasteiger charge is -2.36. The molecule has 2 aromatic carbocycles. The van der Waals surface area contributed by atoms with Gasteiger partial charge in [-0.15, -0.1) is 22.9 Å². The molecule has 1 aromatic heterocycles. The third kappa shape index (κ3) is 4.33. The monoisotopic (exact) mass is 511 g/mol. The quantitative estimate of drug-likeness (QED) is 0.371. The molecule has 6 heteroatoms. The summed E-state index contributed by atoms with van der Waals surface area (Å²) in [5.74, 6) is 1.02. The Hall–Kier alpha value is -2.11. The van der Waals surface area contributed by atoms with Crippen molar-refractivity contribution < 1.29 is 9.47 Å². The Morgan fingerprint density at radius 2 is 1.82 bits per heavy atom. The first-order chi connectivity index (χ1) is 16.4. The van der Waals surface area contributed by atoms with Crippen LogP contribution in [0.1, 0.15) is 42.0 Å². The highest BCUT2D eigenvalue weighted by Gasteiger charge is 2.38. The van der Waals surface area contributed by atoms with Gasteiger partial charge in [-0.3, -0.25) is 0 Å². The highest BCUT2D eigenvalue weighted by atomic mass is 35.5. The van der Waals surface area contributed by atoms with Gasteiger partial charge in [0.25, 0.3) is 0 Å². The van der Waals surface area contributed by atoms with Gasteiger partial charge in [0.2, 0.25) is 0 Å². The largest absolute Gasteiger partial charge is 0.497 e. The van der Waals surface area contributed by atoms with Crippen LogP contribution in [0.15, 0.2) is 70.3 Å². The minimum atomic E-state index is -0.0835. The van der Waals surface area contributed by atoms with Crippen LogP contribution in [-0.2, 0) is 17.8 Å². The highest BCUT2D eigenvalue weighted by molar-refractivity contribution is 7.07. The summed E-state index contributed by atoms with van der Waals surface area (Å²) in [5, 5.41) is 0.702. The number of allylic oxidation sites excluding steroid dienone is 2. The molecule has 2 heterocycles. The lowest BCUT2D eigenvalue weighted by atomic mass is 9.74. The summed E-state index contributed by atoms with van der Waals surface area (Å²) in [6.45, 7) is 5.14. The molecule has 1 aliphatic heterocycles. The molecular weight excluding hydrogens is 485 g/mol. The van der Waals surface area contributed by atoms with Crippen molar-refractivity contribution in [1.82, 2.24) is 0 Å². The average Bonchev–Trinajstić information content (AvgIpc) is 3.18. The number of ether oxygens (including phenoxy) is 2. The Kier molecular flexibility index (Phi) is 6.60. The molecule has 0 spiro atoms. The van der Waals surface area contributed by atoms with Crippen LogP contribution in [0.2, 0.25) is 0 Å². The standard InChI is InChI=1S/C28H27Cl2NO2S/c1-28(2)14-20-22(13-23(28)33-16-17-7-5-4-6-8-17)34-27-25(20)24(26(30)21(15-29)31-27)18-9-11-19(32-3)12-10-18/h4-13,23-24H,14-16H2,1-3H3. The number of benzene rings is 2. The van der Waals surface area contributed by atoms with Gasteiger partial charge in [0, 0.05) is 16.0 Å². The van der Waals surface area contributed by atoms with Gasteiger partial charge in [-0.25, -0.2) is 4.99 Å². The van der Waals surface area contributed by atoms with E-state index in [4.69, 9.17) is 37.7 Å². The summed E-state index contributed by atoms with van der Waals surface area (Å²) < 4.78 is 14.0. The Bertz CT molecular complexity index is 1340. The Balaban J connectivity index is 1.58. The predicted octanol–water partition coefficient (Wildman–Crippen LogP) is 6.16. The molecule has 2 unspecified atom stereocenters. The third-order valence-electron chi connectivity index (χ3n) is 6.67. The van der Waals surface area contributed by atoms with Gasteiger partial charge < -0.3 is 9.47 Å². The van der Waals surface area contributed by atoms with Crippen molar-refractivity contribution in [1.29, 1.82) is 0 Å². The second-order valence-corrected chi connectivity index (χ2v) is 11.2. The van der Waals surface area contributed by atoms with E-state index in [1.807, 2.05) is 30.3 Å². The molecule has 0 saturated carbocycles. The molecular formula is C28H27Cl2NO2S. The van der Waals surface area contributed by atoms with Crippen LogP contribution in [-0.4, -0.2) is 19.1 Å². The van der Waals surface area contributed by atoms with E-state index in [1.54, 1.807) is 18.4 Å². The number of hydrogen-bond donors (Lipinski definition) is 0. The second kappa shape index (κ2) is 9.50. The second-order valence-electron chi connectivity index (χ2n) is 9.46. The number of nitrogens with zero attached hydrogens (tertiary/aromatic N) is 1. The first-order valence-corrected chi connectivity index (χ1v) is 13.1. The normalized spacial score (nSPS) is 20.7. The molecule has 1 aliphatic carbocycles. The summed E-state index contributed by atoms with van der Waals surface area (Å²) in [7, 11) is 1.68. The first kappa shape index (κ1) is 23.6. The molecule has 2 atom stereocenters. The lowest BCUT2D eigenvalue weighted by Crippen LogP contribution is -2.38. The number of rotatable bonds is 6. The van der Waals surface area contributed by atoms with E-state index in [2.05, 4.69) is 44.2 Å². The number of halogens is 2. The van der Waals surface area contributed by atoms with Crippen LogP contribution < -0.4 is 13.9 Å². The Morgan fingerprint density at radius 3 is 2.50 bits per heavy atom. The summed E-state index contributed by atoms with van der Waals surface area (Å²) in [5.41, 5.74) is 5.50. The summed E-state index contributed by atoms with van der Waals surface area (Å²) in [4.78, 5) is 4.87. The number of alkyl halides is 1. The molecule has 3 aromatic rings. The van der Waals surface area contributed by atoms with Crippen molar-refractivity contribution in [2.24, 2.45) is 10.4 Å². The Morgan fingerprint density at radius 1 is 1.09 bits per heavy atom. The van der Waals surface area contributed by atoms with Gasteiger partial charge >= 0.3 is 0 Å². The number of thiophene rings is 1. The van der Waals surface area contributed by atoms with E-state index < -0.39 is 0 Å². The van der Waals surface area contributed by atoms with Gasteiger partial charge in [-0.2, -0.15) is 0 Å². The van der Waals surface area contributed by atoms with Crippen molar-refractivity contribution in [2.75, 3.05) is 13.0 Å². The van der Waals surface area contributed by atoms with E-state index in [1.165, 1.54) is 21.2 Å². The van der Waals surface area contributed by atoms with Crippen LogP contribution >= 0.6 is 34.5 Å². The summed E-state index contributed by atoms with van der Waals surface area (Å²) in [6.07, 6.45) is 3.18. The summed E-state index contributed by atoms with van der Waals surface area (Å²) >= 11 is 14.9. The molecule has 3 nitrogen and oxygen atoms in total. The molecule has 5 rings (SSSR count). The van der Waals surface area contributed by atoms with Crippen molar-refractivity contribution in [3.63, 3.8) is 0 Å². The van der Waals surface area contributed by atoms with E-state index in [-0.39, 0.29) is 23.3 Å². The lowest BCUT2D eigenvalue weighted by molar-refractivity contribution is 0.00403. The number of fused-ring (bicyclic) bond motifs is 3.